The van der Waals surface area contributed by atoms with E-state index in [1.54, 1.807) is 24.3 Å². The highest BCUT2D eigenvalue weighted by Crippen LogP contribution is 2.22. The van der Waals surface area contributed by atoms with Crippen molar-refractivity contribution in [2.24, 2.45) is 0 Å². The second kappa shape index (κ2) is 8.17. The van der Waals surface area contributed by atoms with Gasteiger partial charge in [-0.25, -0.2) is 9.89 Å². The number of nitrogens with one attached hydrogen (secondary N) is 3. The molecule has 3 aromatic rings. The molecule has 1 aromatic heterocycles. The zero-order valence-electron chi connectivity index (χ0n) is 13.4. The van der Waals surface area contributed by atoms with Crippen LogP contribution in [0.2, 0.25) is 0 Å². The number of hydrogen-bond donors (Lipinski definition) is 3. The number of anilines is 1. The lowest BCUT2D eigenvalue weighted by molar-refractivity contribution is -0.113. The lowest BCUT2D eigenvalue weighted by Gasteiger charge is -2.08. The van der Waals surface area contributed by atoms with Crippen molar-refractivity contribution in [3.05, 3.63) is 75.4 Å². The molecule has 0 aliphatic rings. The second-order valence-corrected chi connectivity index (χ2v) is 6.05. The highest BCUT2D eigenvalue weighted by molar-refractivity contribution is 7.99. The van der Waals surface area contributed by atoms with Crippen LogP contribution >= 0.6 is 11.8 Å². The summed E-state index contributed by atoms with van der Waals surface area (Å²) in [7, 11) is 0. The monoisotopic (exact) mass is 370 g/mol. The van der Waals surface area contributed by atoms with Crippen LogP contribution in [-0.4, -0.2) is 26.8 Å². The molecule has 3 N–H and O–H groups in total. The molecule has 26 heavy (non-hydrogen) atoms. The van der Waals surface area contributed by atoms with Gasteiger partial charge in [-0.1, -0.05) is 30.0 Å². The Bertz CT molecular complexity index is 1000. The van der Waals surface area contributed by atoms with Gasteiger partial charge in [0.1, 0.15) is 11.5 Å². The Balaban J connectivity index is 1.54. The van der Waals surface area contributed by atoms with E-state index in [0.717, 1.165) is 17.5 Å². The SMILES string of the molecule is O=C(CSc1n[nH]c(=O)[nH]c1=O)Nc1ccc(Oc2ccccc2)cc1. The third kappa shape index (κ3) is 4.84. The highest BCUT2D eigenvalue weighted by atomic mass is 32.2. The zero-order valence-corrected chi connectivity index (χ0v) is 14.2. The topological polar surface area (TPSA) is 117 Å². The maximum atomic E-state index is 12.0. The van der Waals surface area contributed by atoms with Crippen LogP contribution in [-0.2, 0) is 4.79 Å². The number of aromatic nitrogens is 3. The summed E-state index contributed by atoms with van der Waals surface area (Å²) in [6.07, 6.45) is 0. The number of carbonyl (C=O) groups is 1. The van der Waals surface area contributed by atoms with E-state index in [4.69, 9.17) is 4.74 Å². The summed E-state index contributed by atoms with van der Waals surface area (Å²) in [5.41, 5.74) is -0.727. The number of nitrogens with zero attached hydrogens (tertiary/aromatic N) is 1. The minimum atomic E-state index is -0.693. The normalized spacial score (nSPS) is 10.3. The van der Waals surface area contributed by atoms with E-state index in [1.807, 2.05) is 35.3 Å². The molecule has 0 saturated carbocycles. The minimum absolute atomic E-state index is 0.0198. The number of ether oxygens (including phenoxy) is 1. The van der Waals surface area contributed by atoms with Crippen molar-refractivity contribution < 1.29 is 9.53 Å². The van der Waals surface area contributed by atoms with Crippen molar-refractivity contribution in [1.82, 2.24) is 15.2 Å². The number of rotatable bonds is 6. The van der Waals surface area contributed by atoms with Crippen molar-refractivity contribution >= 4 is 23.4 Å². The first-order valence-electron chi connectivity index (χ1n) is 7.55. The van der Waals surface area contributed by atoms with Crippen molar-refractivity contribution in [1.29, 1.82) is 0 Å². The lowest BCUT2D eigenvalue weighted by Crippen LogP contribution is -2.25. The van der Waals surface area contributed by atoms with Gasteiger partial charge in [-0.15, -0.1) is 0 Å². The van der Waals surface area contributed by atoms with E-state index in [9.17, 15) is 14.4 Å². The lowest BCUT2D eigenvalue weighted by atomic mass is 10.3. The number of hydrogen-bond acceptors (Lipinski definition) is 6. The molecule has 0 fully saturated rings. The Morgan fingerprint density at radius 2 is 1.73 bits per heavy atom. The van der Waals surface area contributed by atoms with Gasteiger partial charge in [-0.3, -0.25) is 14.6 Å². The summed E-state index contributed by atoms with van der Waals surface area (Å²) in [5, 5.41) is 8.43. The molecule has 0 aliphatic heterocycles. The molecule has 8 nitrogen and oxygen atoms in total. The number of thioether (sulfide) groups is 1. The van der Waals surface area contributed by atoms with Crippen LogP contribution in [0.25, 0.3) is 0 Å². The molecule has 0 bridgehead atoms. The number of H-pyrrole nitrogens is 2. The van der Waals surface area contributed by atoms with Gasteiger partial charge in [0.2, 0.25) is 5.91 Å². The third-order valence-electron chi connectivity index (χ3n) is 3.14. The maximum Gasteiger partial charge on any atom is 0.342 e. The number of carbonyl (C=O) groups excluding carboxylic acids is 1. The molecule has 0 saturated heterocycles. The van der Waals surface area contributed by atoms with Crippen molar-refractivity contribution in [3.8, 4) is 11.5 Å². The summed E-state index contributed by atoms with van der Waals surface area (Å²) in [6, 6.07) is 16.3. The molecule has 0 unspecified atom stereocenters. The van der Waals surface area contributed by atoms with E-state index in [1.165, 1.54) is 0 Å². The van der Waals surface area contributed by atoms with Crippen molar-refractivity contribution in [3.63, 3.8) is 0 Å². The molecule has 0 atom stereocenters. The predicted octanol–water partition coefficient (Wildman–Crippen LogP) is 1.98. The van der Waals surface area contributed by atoms with Crippen LogP contribution in [0.15, 0.2) is 69.2 Å². The number of benzene rings is 2. The van der Waals surface area contributed by atoms with Gasteiger partial charge >= 0.3 is 5.69 Å². The third-order valence-corrected chi connectivity index (χ3v) is 4.09. The quantitative estimate of drug-likeness (QED) is 0.571. The molecular weight excluding hydrogens is 356 g/mol. The van der Waals surface area contributed by atoms with Gasteiger partial charge in [-0.05, 0) is 36.4 Å². The average molecular weight is 370 g/mol. The van der Waals surface area contributed by atoms with Crippen LogP contribution < -0.4 is 21.3 Å². The fourth-order valence-electron chi connectivity index (χ4n) is 2.00. The van der Waals surface area contributed by atoms with E-state index in [2.05, 4.69) is 15.5 Å². The first-order valence-corrected chi connectivity index (χ1v) is 8.53. The fraction of sp³-hybridized carbons (Fsp3) is 0.0588. The van der Waals surface area contributed by atoms with E-state index in [0.29, 0.717) is 11.4 Å². The minimum Gasteiger partial charge on any atom is -0.457 e. The van der Waals surface area contributed by atoms with Crippen molar-refractivity contribution in [2.45, 2.75) is 5.03 Å². The van der Waals surface area contributed by atoms with Crippen LogP contribution in [0, 0.1) is 0 Å². The molecule has 1 heterocycles. The highest BCUT2D eigenvalue weighted by Gasteiger charge is 2.08. The molecular formula is C17H14N4O4S. The number of amides is 1. The van der Waals surface area contributed by atoms with Gasteiger partial charge in [0.05, 0.1) is 5.75 Å². The maximum absolute atomic E-state index is 12.0. The van der Waals surface area contributed by atoms with Crippen LogP contribution in [0.3, 0.4) is 0 Å². The Hall–Kier alpha value is -3.33. The first kappa shape index (κ1) is 17.5. The Morgan fingerprint density at radius 3 is 2.42 bits per heavy atom. The summed E-state index contributed by atoms with van der Waals surface area (Å²) < 4.78 is 5.67. The smallest absolute Gasteiger partial charge is 0.342 e. The second-order valence-electron chi connectivity index (χ2n) is 5.09. The average Bonchev–Trinajstić information content (AvgIpc) is 2.63. The first-order chi connectivity index (χ1) is 12.6. The molecule has 0 radical (unpaired) electrons. The molecule has 2 aromatic carbocycles. The Labute approximate surface area is 151 Å². The molecule has 0 aliphatic carbocycles. The largest absolute Gasteiger partial charge is 0.457 e. The number of para-hydroxylation sites is 1. The van der Waals surface area contributed by atoms with Gasteiger partial charge < -0.3 is 10.1 Å². The van der Waals surface area contributed by atoms with Gasteiger partial charge in [0, 0.05) is 5.69 Å². The Kier molecular flexibility index (Phi) is 5.49. The molecule has 132 valence electrons. The molecule has 3 rings (SSSR count). The molecule has 9 heteroatoms. The summed E-state index contributed by atoms with van der Waals surface area (Å²) >= 11 is 0.926. The van der Waals surface area contributed by atoms with Crippen LogP contribution in [0.4, 0.5) is 5.69 Å². The molecule has 0 spiro atoms. The van der Waals surface area contributed by atoms with Gasteiger partial charge in [0.25, 0.3) is 5.56 Å². The van der Waals surface area contributed by atoms with Crippen LogP contribution in [0.1, 0.15) is 0 Å². The van der Waals surface area contributed by atoms with Gasteiger partial charge in [0.15, 0.2) is 5.03 Å². The fourth-order valence-corrected chi connectivity index (χ4v) is 2.63. The zero-order chi connectivity index (χ0) is 18.4. The van der Waals surface area contributed by atoms with Crippen molar-refractivity contribution in [2.75, 3.05) is 11.1 Å². The standard InChI is InChI=1S/C17H14N4O4S/c22-14(10-26-16-15(23)19-17(24)21-20-16)18-11-6-8-13(9-7-11)25-12-4-2-1-3-5-12/h1-9H,10H2,(H,18,22)(H2,19,21,23,24). The van der Waals surface area contributed by atoms with Crippen LogP contribution in [0.5, 0.6) is 11.5 Å². The van der Waals surface area contributed by atoms with E-state index in [-0.39, 0.29) is 16.7 Å². The summed E-state index contributed by atoms with van der Waals surface area (Å²) in [4.78, 5) is 36.4. The predicted molar refractivity (Wildman–Crippen MR) is 97.8 cm³/mol. The number of aromatic amines is 2. The van der Waals surface area contributed by atoms with E-state index < -0.39 is 11.2 Å². The van der Waals surface area contributed by atoms with Gasteiger partial charge in [-0.2, -0.15) is 5.10 Å². The summed E-state index contributed by atoms with van der Waals surface area (Å²) in [5.74, 6) is 1.04. The Morgan fingerprint density at radius 1 is 1.04 bits per heavy atom. The summed E-state index contributed by atoms with van der Waals surface area (Å²) in [6.45, 7) is 0. The van der Waals surface area contributed by atoms with E-state index >= 15 is 0 Å². The molecule has 1 amide bonds.